The summed E-state index contributed by atoms with van der Waals surface area (Å²) in [5.41, 5.74) is 0.0287. The van der Waals surface area contributed by atoms with E-state index in [0.717, 1.165) is 0 Å². The first-order chi connectivity index (χ1) is 8.19. The van der Waals surface area contributed by atoms with E-state index in [1.165, 1.54) is 0 Å². The smallest absolute Gasteiger partial charge is 0.257 e. The van der Waals surface area contributed by atoms with Gasteiger partial charge in [0.05, 0.1) is 25.4 Å². The van der Waals surface area contributed by atoms with Gasteiger partial charge < -0.3 is 19.6 Å². The number of aromatic nitrogens is 2. The highest BCUT2D eigenvalue weighted by molar-refractivity contribution is 5.22. The lowest BCUT2D eigenvalue weighted by molar-refractivity contribution is 0.0715. The van der Waals surface area contributed by atoms with Crippen LogP contribution in [-0.4, -0.2) is 42.0 Å². The maximum absolute atomic E-state index is 11.5. The Labute approximate surface area is 99.6 Å². The van der Waals surface area contributed by atoms with Gasteiger partial charge in [0.1, 0.15) is 5.82 Å². The van der Waals surface area contributed by atoms with Crippen molar-refractivity contribution in [3.05, 3.63) is 21.7 Å². The molecule has 96 valence electrons. The Morgan fingerprint density at radius 3 is 2.71 bits per heavy atom. The largest absolute Gasteiger partial charge is 0.493 e. The fourth-order valence-corrected chi connectivity index (χ4v) is 1.38. The van der Waals surface area contributed by atoms with Crippen molar-refractivity contribution in [3.63, 3.8) is 0 Å². The highest BCUT2D eigenvalue weighted by atomic mass is 16.5. The van der Waals surface area contributed by atoms with Gasteiger partial charge >= 0.3 is 0 Å². The van der Waals surface area contributed by atoms with E-state index < -0.39 is 0 Å². The predicted octanol–water partition coefficient (Wildman–Crippen LogP) is 0.243. The molecule has 0 aromatic carbocycles. The second-order valence-electron chi connectivity index (χ2n) is 3.52. The topological polar surface area (TPSA) is 84.4 Å². The molecule has 0 atom stereocenters. The molecule has 6 heteroatoms. The van der Waals surface area contributed by atoms with E-state index in [4.69, 9.17) is 9.47 Å². The lowest BCUT2D eigenvalue weighted by Crippen LogP contribution is -2.17. The third-order valence-electron chi connectivity index (χ3n) is 2.31. The van der Waals surface area contributed by atoms with Gasteiger partial charge in [-0.05, 0) is 6.42 Å². The number of hydrogen-bond acceptors (Lipinski definition) is 5. The van der Waals surface area contributed by atoms with E-state index in [2.05, 4.69) is 9.97 Å². The average molecular weight is 242 g/mol. The molecule has 0 fully saturated rings. The molecule has 0 spiro atoms. The molecule has 2 N–H and O–H groups in total. The Kier molecular flexibility index (Phi) is 5.65. The highest BCUT2D eigenvalue weighted by Gasteiger charge is 2.08. The van der Waals surface area contributed by atoms with Crippen molar-refractivity contribution in [1.82, 2.24) is 9.97 Å². The highest BCUT2D eigenvalue weighted by Crippen LogP contribution is 2.08. The summed E-state index contributed by atoms with van der Waals surface area (Å²) in [6.07, 6.45) is 0.912. The number of nitrogens with zero attached hydrogens (tertiary/aromatic N) is 1. The molecule has 1 heterocycles. The summed E-state index contributed by atoms with van der Waals surface area (Å²) in [5.74, 6) is 0.241. The molecule has 0 unspecified atom stereocenters. The van der Waals surface area contributed by atoms with E-state index in [1.807, 2.05) is 0 Å². The van der Waals surface area contributed by atoms with Gasteiger partial charge in [0, 0.05) is 13.5 Å². The van der Waals surface area contributed by atoms with Gasteiger partial charge in [-0.25, -0.2) is 0 Å². The Morgan fingerprint density at radius 1 is 1.35 bits per heavy atom. The molecule has 17 heavy (non-hydrogen) atoms. The lowest BCUT2D eigenvalue weighted by atomic mass is 10.2. The Morgan fingerprint density at radius 2 is 2.12 bits per heavy atom. The number of aromatic hydroxyl groups is 1. The second-order valence-corrected chi connectivity index (χ2v) is 3.52. The number of nitrogens with one attached hydrogen (secondary N) is 1. The van der Waals surface area contributed by atoms with E-state index in [0.29, 0.717) is 44.1 Å². The first-order valence-electron chi connectivity index (χ1n) is 5.56. The molecule has 0 aliphatic carbocycles. The van der Waals surface area contributed by atoms with E-state index in [9.17, 15) is 9.90 Å². The van der Waals surface area contributed by atoms with Crippen LogP contribution in [0.3, 0.4) is 0 Å². The van der Waals surface area contributed by atoms with Gasteiger partial charge in [0.15, 0.2) is 0 Å². The normalized spacial score (nSPS) is 10.7. The van der Waals surface area contributed by atoms with Crippen LogP contribution < -0.4 is 5.56 Å². The lowest BCUT2D eigenvalue weighted by Gasteiger charge is -2.05. The summed E-state index contributed by atoms with van der Waals surface area (Å²) in [5, 5.41) is 9.52. The molecule has 0 bridgehead atoms. The van der Waals surface area contributed by atoms with Crippen molar-refractivity contribution < 1.29 is 14.6 Å². The zero-order valence-electron chi connectivity index (χ0n) is 10.2. The number of ether oxygens (including phenoxy) is 2. The van der Waals surface area contributed by atoms with Crippen molar-refractivity contribution in [2.75, 3.05) is 26.9 Å². The molecule has 1 aromatic rings. The predicted molar refractivity (Wildman–Crippen MR) is 62.3 cm³/mol. The SMILES string of the molecule is CCc1c(O)nc(CCOCCOC)[nH]c1=O. The third-order valence-corrected chi connectivity index (χ3v) is 2.31. The summed E-state index contributed by atoms with van der Waals surface area (Å²) in [7, 11) is 1.60. The van der Waals surface area contributed by atoms with Gasteiger partial charge in [0.25, 0.3) is 5.56 Å². The summed E-state index contributed by atoms with van der Waals surface area (Å²) >= 11 is 0. The van der Waals surface area contributed by atoms with Gasteiger partial charge in [-0.3, -0.25) is 4.79 Å². The van der Waals surface area contributed by atoms with Crippen LogP contribution in [0.2, 0.25) is 0 Å². The van der Waals surface area contributed by atoms with Crippen molar-refractivity contribution in [2.45, 2.75) is 19.8 Å². The van der Waals surface area contributed by atoms with Crippen LogP contribution in [0.5, 0.6) is 5.88 Å². The van der Waals surface area contributed by atoms with E-state index >= 15 is 0 Å². The minimum atomic E-state index is -0.285. The molecule has 1 rings (SSSR count). The fraction of sp³-hybridized carbons (Fsp3) is 0.636. The standard InChI is InChI=1S/C11H18N2O4/c1-3-8-10(14)12-9(13-11(8)15)4-5-17-7-6-16-2/h3-7H2,1-2H3,(H2,12,13,14,15). The monoisotopic (exact) mass is 242 g/mol. The molecule has 6 nitrogen and oxygen atoms in total. The maximum Gasteiger partial charge on any atom is 0.257 e. The van der Waals surface area contributed by atoms with Crippen molar-refractivity contribution in [3.8, 4) is 5.88 Å². The van der Waals surface area contributed by atoms with Crippen LogP contribution in [-0.2, 0) is 22.3 Å². The Balaban J connectivity index is 2.52. The number of H-pyrrole nitrogens is 1. The van der Waals surface area contributed by atoms with Crippen molar-refractivity contribution in [1.29, 1.82) is 0 Å². The van der Waals surface area contributed by atoms with E-state index in [-0.39, 0.29) is 11.4 Å². The minimum Gasteiger partial charge on any atom is -0.493 e. The number of aromatic amines is 1. The third kappa shape index (κ3) is 4.16. The Hall–Kier alpha value is -1.40. The van der Waals surface area contributed by atoms with Crippen molar-refractivity contribution >= 4 is 0 Å². The summed E-state index contributed by atoms with van der Waals surface area (Å²) < 4.78 is 10.1. The molecule has 0 radical (unpaired) electrons. The quantitative estimate of drug-likeness (QED) is 0.669. The number of rotatable bonds is 7. The van der Waals surface area contributed by atoms with Gasteiger partial charge in [0.2, 0.25) is 5.88 Å². The van der Waals surface area contributed by atoms with Crippen LogP contribution in [0.15, 0.2) is 4.79 Å². The molecular weight excluding hydrogens is 224 g/mol. The maximum atomic E-state index is 11.5. The number of methoxy groups -OCH3 is 1. The zero-order chi connectivity index (χ0) is 12.7. The van der Waals surface area contributed by atoms with Crippen LogP contribution in [0.4, 0.5) is 0 Å². The van der Waals surface area contributed by atoms with Crippen LogP contribution in [0, 0.1) is 0 Å². The molecule has 0 aliphatic heterocycles. The number of hydrogen-bond donors (Lipinski definition) is 2. The van der Waals surface area contributed by atoms with Crippen LogP contribution in [0.25, 0.3) is 0 Å². The molecule has 0 saturated heterocycles. The fourth-order valence-electron chi connectivity index (χ4n) is 1.38. The van der Waals surface area contributed by atoms with Crippen molar-refractivity contribution in [2.24, 2.45) is 0 Å². The van der Waals surface area contributed by atoms with E-state index in [1.54, 1.807) is 14.0 Å². The van der Waals surface area contributed by atoms with Crippen LogP contribution >= 0.6 is 0 Å². The molecular formula is C11H18N2O4. The minimum absolute atomic E-state index is 0.192. The Bertz CT molecular complexity index is 403. The van der Waals surface area contributed by atoms with Crippen LogP contribution in [0.1, 0.15) is 18.3 Å². The zero-order valence-corrected chi connectivity index (χ0v) is 10.2. The molecule has 0 saturated carbocycles. The molecule has 0 aliphatic rings. The average Bonchev–Trinajstić information content (AvgIpc) is 2.28. The second kappa shape index (κ2) is 7.03. The van der Waals surface area contributed by atoms with Gasteiger partial charge in [-0.15, -0.1) is 0 Å². The molecule has 1 aromatic heterocycles. The molecule has 0 amide bonds. The summed E-state index contributed by atoms with van der Waals surface area (Å²) in [6, 6.07) is 0. The summed E-state index contributed by atoms with van der Waals surface area (Å²) in [6.45, 7) is 3.25. The first kappa shape index (κ1) is 13.7. The summed E-state index contributed by atoms with van der Waals surface area (Å²) in [4.78, 5) is 18.0. The van der Waals surface area contributed by atoms with Gasteiger partial charge in [-0.2, -0.15) is 4.98 Å². The van der Waals surface area contributed by atoms with Gasteiger partial charge in [-0.1, -0.05) is 6.92 Å². The first-order valence-corrected chi connectivity index (χ1v) is 5.56.